The minimum absolute atomic E-state index is 0.248. The predicted molar refractivity (Wildman–Crippen MR) is 50.9 cm³/mol. The summed E-state index contributed by atoms with van der Waals surface area (Å²) < 4.78 is 0. The highest BCUT2D eigenvalue weighted by Gasteiger charge is 2.41. The molecule has 0 aliphatic heterocycles. The molecule has 1 fully saturated rings. The molecule has 12 heavy (non-hydrogen) atoms. The SMILES string of the molecule is C=CCC1(C(=C)C)CCCC1=O. The number of hydrogen-bond donors (Lipinski definition) is 0. The molecule has 0 bridgehead atoms. The van der Waals surface area contributed by atoms with Gasteiger partial charge in [0.25, 0.3) is 0 Å². The van der Waals surface area contributed by atoms with E-state index in [0.29, 0.717) is 5.78 Å². The van der Waals surface area contributed by atoms with Gasteiger partial charge in [-0.15, -0.1) is 6.58 Å². The lowest BCUT2D eigenvalue weighted by atomic mass is 9.76. The molecule has 0 spiro atoms. The summed E-state index contributed by atoms with van der Waals surface area (Å²) in [5.74, 6) is 0.356. The average molecular weight is 164 g/mol. The Morgan fingerprint density at radius 3 is 2.75 bits per heavy atom. The number of Topliss-reactive ketones (excluding diaryl/α,β-unsaturated/α-hetero) is 1. The number of ketones is 1. The summed E-state index contributed by atoms with van der Waals surface area (Å²) >= 11 is 0. The molecule has 0 N–H and O–H groups in total. The van der Waals surface area contributed by atoms with Gasteiger partial charge in [-0.3, -0.25) is 4.79 Å². The summed E-state index contributed by atoms with van der Waals surface area (Å²) in [6, 6.07) is 0. The first-order valence-corrected chi connectivity index (χ1v) is 4.43. The second-order valence-corrected chi connectivity index (χ2v) is 3.63. The normalized spacial score (nSPS) is 28.9. The third-order valence-corrected chi connectivity index (χ3v) is 2.85. The molecule has 0 aromatic rings. The van der Waals surface area contributed by atoms with E-state index in [0.717, 1.165) is 31.3 Å². The Hall–Kier alpha value is -0.850. The summed E-state index contributed by atoms with van der Waals surface area (Å²) in [7, 11) is 0. The van der Waals surface area contributed by atoms with Crippen molar-refractivity contribution in [1.82, 2.24) is 0 Å². The lowest BCUT2D eigenvalue weighted by molar-refractivity contribution is -0.123. The van der Waals surface area contributed by atoms with Crippen molar-refractivity contribution >= 4 is 5.78 Å². The summed E-state index contributed by atoms with van der Waals surface area (Å²) in [5.41, 5.74) is 0.756. The van der Waals surface area contributed by atoms with Gasteiger partial charge in [0, 0.05) is 6.42 Å². The Bertz CT molecular complexity index is 227. The van der Waals surface area contributed by atoms with Crippen molar-refractivity contribution in [2.45, 2.75) is 32.6 Å². The van der Waals surface area contributed by atoms with E-state index < -0.39 is 0 Å². The lowest BCUT2D eigenvalue weighted by Gasteiger charge is -2.26. The number of hydrogen-bond acceptors (Lipinski definition) is 1. The Kier molecular flexibility index (Phi) is 2.51. The van der Waals surface area contributed by atoms with E-state index in [-0.39, 0.29) is 5.41 Å². The van der Waals surface area contributed by atoms with Gasteiger partial charge in [0.1, 0.15) is 5.78 Å². The molecule has 1 aliphatic carbocycles. The maximum absolute atomic E-state index is 11.6. The molecule has 66 valence electrons. The number of allylic oxidation sites excluding steroid dienone is 2. The number of carbonyl (C=O) groups is 1. The molecule has 0 amide bonds. The number of rotatable bonds is 3. The van der Waals surface area contributed by atoms with E-state index in [2.05, 4.69) is 13.2 Å². The quantitative estimate of drug-likeness (QED) is 0.586. The molecule has 1 aliphatic rings. The fourth-order valence-electron chi connectivity index (χ4n) is 2.02. The standard InChI is InChI=1S/C11H16O/c1-4-7-11(9(2)3)8-5-6-10(11)12/h4H,1-2,5-8H2,3H3. The smallest absolute Gasteiger partial charge is 0.143 e. The summed E-state index contributed by atoms with van der Waals surface area (Å²) in [6.07, 6.45) is 5.30. The highest BCUT2D eigenvalue weighted by atomic mass is 16.1. The first-order valence-electron chi connectivity index (χ1n) is 4.43. The second-order valence-electron chi connectivity index (χ2n) is 3.63. The van der Waals surface area contributed by atoms with Crippen LogP contribution in [0.4, 0.5) is 0 Å². The fraction of sp³-hybridized carbons (Fsp3) is 0.545. The average Bonchev–Trinajstić information content (AvgIpc) is 2.34. The fourth-order valence-corrected chi connectivity index (χ4v) is 2.02. The van der Waals surface area contributed by atoms with Gasteiger partial charge in [0.05, 0.1) is 5.41 Å². The largest absolute Gasteiger partial charge is 0.299 e. The zero-order chi connectivity index (χ0) is 9.19. The summed E-state index contributed by atoms with van der Waals surface area (Å²) in [5, 5.41) is 0. The molecule has 1 heteroatoms. The van der Waals surface area contributed by atoms with E-state index in [9.17, 15) is 4.79 Å². The van der Waals surface area contributed by atoms with Crippen molar-refractivity contribution in [3.8, 4) is 0 Å². The second kappa shape index (κ2) is 3.26. The zero-order valence-electron chi connectivity index (χ0n) is 7.73. The van der Waals surface area contributed by atoms with Crippen LogP contribution in [0.25, 0.3) is 0 Å². The van der Waals surface area contributed by atoms with Crippen LogP contribution < -0.4 is 0 Å². The molecule has 1 atom stereocenters. The van der Waals surface area contributed by atoms with Crippen LogP contribution in [-0.4, -0.2) is 5.78 Å². The minimum atomic E-state index is -0.248. The van der Waals surface area contributed by atoms with Crippen LogP contribution in [0.15, 0.2) is 24.8 Å². The lowest BCUT2D eigenvalue weighted by Crippen LogP contribution is -2.25. The van der Waals surface area contributed by atoms with Crippen LogP contribution in [-0.2, 0) is 4.79 Å². The van der Waals surface area contributed by atoms with Gasteiger partial charge in [-0.25, -0.2) is 0 Å². The van der Waals surface area contributed by atoms with Crippen LogP contribution in [0.5, 0.6) is 0 Å². The molecule has 1 nitrogen and oxygen atoms in total. The molecule has 0 aromatic heterocycles. The minimum Gasteiger partial charge on any atom is -0.299 e. The van der Waals surface area contributed by atoms with Crippen LogP contribution >= 0.6 is 0 Å². The summed E-state index contributed by atoms with van der Waals surface area (Å²) in [4.78, 5) is 11.6. The molecular formula is C11H16O. The Morgan fingerprint density at radius 2 is 2.42 bits per heavy atom. The van der Waals surface area contributed by atoms with Gasteiger partial charge in [0.2, 0.25) is 0 Å². The Morgan fingerprint density at radius 1 is 1.75 bits per heavy atom. The third-order valence-electron chi connectivity index (χ3n) is 2.85. The van der Waals surface area contributed by atoms with Gasteiger partial charge in [-0.05, 0) is 26.2 Å². The van der Waals surface area contributed by atoms with Crippen molar-refractivity contribution in [2.24, 2.45) is 5.41 Å². The number of carbonyl (C=O) groups excluding carboxylic acids is 1. The van der Waals surface area contributed by atoms with E-state index in [1.807, 2.05) is 13.0 Å². The van der Waals surface area contributed by atoms with E-state index >= 15 is 0 Å². The molecule has 0 saturated heterocycles. The maximum Gasteiger partial charge on any atom is 0.143 e. The molecule has 1 rings (SSSR count). The third kappa shape index (κ3) is 1.24. The molecular weight excluding hydrogens is 148 g/mol. The van der Waals surface area contributed by atoms with Gasteiger partial charge < -0.3 is 0 Å². The van der Waals surface area contributed by atoms with Crippen LogP contribution in [0.3, 0.4) is 0 Å². The van der Waals surface area contributed by atoms with Gasteiger partial charge in [-0.2, -0.15) is 0 Å². The van der Waals surface area contributed by atoms with Crippen LogP contribution in [0, 0.1) is 5.41 Å². The molecule has 0 radical (unpaired) electrons. The van der Waals surface area contributed by atoms with E-state index in [4.69, 9.17) is 0 Å². The van der Waals surface area contributed by atoms with E-state index in [1.165, 1.54) is 0 Å². The van der Waals surface area contributed by atoms with Crippen molar-refractivity contribution < 1.29 is 4.79 Å². The Balaban J connectivity index is 2.92. The molecule has 0 aromatic carbocycles. The van der Waals surface area contributed by atoms with Crippen molar-refractivity contribution in [1.29, 1.82) is 0 Å². The van der Waals surface area contributed by atoms with Crippen molar-refractivity contribution in [2.75, 3.05) is 0 Å². The topological polar surface area (TPSA) is 17.1 Å². The first kappa shape index (κ1) is 9.24. The summed E-state index contributed by atoms with van der Waals surface area (Å²) in [6.45, 7) is 9.55. The highest BCUT2D eigenvalue weighted by Crippen LogP contribution is 2.43. The molecule has 1 unspecified atom stereocenters. The predicted octanol–water partition coefficient (Wildman–Crippen LogP) is 2.88. The molecule has 1 saturated carbocycles. The van der Waals surface area contributed by atoms with Crippen molar-refractivity contribution in [3.05, 3.63) is 24.8 Å². The highest BCUT2D eigenvalue weighted by molar-refractivity contribution is 5.89. The van der Waals surface area contributed by atoms with Gasteiger partial charge >= 0.3 is 0 Å². The molecule has 0 heterocycles. The van der Waals surface area contributed by atoms with Gasteiger partial charge in [-0.1, -0.05) is 18.2 Å². The van der Waals surface area contributed by atoms with Crippen LogP contribution in [0.2, 0.25) is 0 Å². The maximum atomic E-state index is 11.6. The monoisotopic (exact) mass is 164 g/mol. The zero-order valence-corrected chi connectivity index (χ0v) is 7.73. The van der Waals surface area contributed by atoms with Crippen LogP contribution in [0.1, 0.15) is 32.6 Å². The Labute approximate surface area is 74.2 Å². The first-order chi connectivity index (χ1) is 5.63. The van der Waals surface area contributed by atoms with Crippen molar-refractivity contribution in [3.63, 3.8) is 0 Å². The van der Waals surface area contributed by atoms with E-state index in [1.54, 1.807) is 0 Å². The van der Waals surface area contributed by atoms with Gasteiger partial charge in [0.15, 0.2) is 0 Å².